The fourth-order valence-corrected chi connectivity index (χ4v) is 4.88. The molecule has 0 radical (unpaired) electrons. The number of benzene rings is 2. The number of H-pyrrole nitrogens is 1. The highest BCUT2D eigenvalue weighted by Crippen LogP contribution is 2.33. The number of rotatable bonds is 6. The van der Waals surface area contributed by atoms with Gasteiger partial charge in [0.2, 0.25) is 11.6 Å². The molecule has 1 saturated heterocycles. The largest absolute Gasteiger partial charge is 0.394 e. The smallest absolute Gasteiger partial charge is 0.260 e. The molecule has 37 heavy (non-hydrogen) atoms. The minimum absolute atomic E-state index is 0.0337. The summed E-state index contributed by atoms with van der Waals surface area (Å²) < 4.78 is 16.3. The van der Waals surface area contributed by atoms with E-state index in [-0.39, 0.29) is 17.9 Å². The maximum absolute atomic E-state index is 14.7. The van der Waals surface area contributed by atoms with Gasteiger partial charge >= 0.3 is 0 Å². The van der Waals surface area contributed by atoms with Crippen LogP contribution in [0, 0.1) is 12.4 Å². The highest BCUT2D eigenvalue weighted by Gasteiger charge is 2.24. The Morgan fingerprint density at radius 1 is 1.19 bits per heavy atom. The lowest BCUT2D eigenvalue weighted by atomic mass is 9.99. The highest BCUT2D eigenvalue weighted by atomic mass is 19.1. The van der Waals surface area contributed by atoms with Crippen LogP contribution in [0.1, 0.15) is 12.8 Å². The number of halogens is 1. The van der Waals surface area contributed by atoms with Crippen molar-refractivity contribution in [2.75, 3.05) is 38.7 Å². The predicted molar refractivity (Wildman–Crippen MR) is 141 cm³/mol. The van der Waals surface area contributed by atoms with Gasteiger partial charge in [-0.3, -0.25) is 14.5 Å². The van der Waals surface area contributed by atoms with E-state index in [4.69, 9.17) is 11.6 Å². The number of hydrogen-bond donors (Lipinski definition) is 2. The van der Waals surface area contributed by atoms with Crippen LogP contribution >= 0.6 is 0 Å². The number of aromatic nitrogens is 4. The minimum atomic E-state index is -0.658. The van der Waals surface area contributed by atoms with Crippen LogP contribution in [-0.4, -0.2) is 69.6 Å². The molecule has 3 heterocycles. The molecule has 1 aliphatic rings. The first-order chi connectivity index (χ1) is 17.9. The Morgan fingerprint density at radius 2 is 1.95 bits per heavy atom. The van der Waals surface area contributed by atoms with E-state index in [2.05, 4.69) is 38.8 Å². The van der Waals surface area contributed by atoms with Gasteiger partial charge in [0.15, 0.2) is 0 Å². The first-order valence-corrected chi connectivity index (χ1v) is 12.2. The van der Waals surface area contributed by atoms with Crippen molar-refractivity contribution in [2.45, 2.75) is 25.4 Å². The number of piperidine rings is 1. The fraction of sp³-hybridized carbons (Fsp3) is 0.333. The van der Waals surface area contributed by atoms with Crippen LogP contribution in [0.5, 0.6) is 0 Å². The highest BCUT2D eigenvalue weighted by molar-refractivity contribution is 5.88. The van der Waals surface area contributed by atoms with Gasteiger partial charge in [-0.25, -0.2) is 14.2 Å². The molecule has 0 aliphatic carbocycles. The number of hydrogen-bond acceptors (Lipinski definition) is 6. The summed E-state index contributed by atoms with van der Waals surface area (Å²) in [5.41, 5.74) is 2.03. The van der Waals surface area contributed by atoms with E-state index >= 15 is 0 Å². The molecule has 2 aromatic heterocycles. The van der Waals surface area contributed by atoms with Crippen molar-refractivity contribution in [3.8, 4) is 22.4 Å². The van der Waals surface area contributed by atoms with Crippen molar-refractivity contribution >= 4 is 22.5 Å². The van der Waals surface area contributed by atoms with Crippen LogP contribution in [0.4, 0.5) is 16.0 Å². The zero-order chi connectivity index (χ0) is 26.1. The summed E-state index contributed by atoms with van der Waals surface area (Å²) in [5.74, 6) is -0.206. The van der Waals surface area contributed by atoms with E-state index in [9.17, 15) is 14.3 Å². The van der Waals surface area contributed by atoms with Crippen LogP contribution in [0.25, 0.3) is 38.1 Å². The molecule has 9 nitrogen and oxygen atoms in total. The standard InChI is InChI=1S/C27H28FN7O2/c1-29-23-7-5-18(15-21(23)28)25-24(17-4-6-22-19(14-17)16-35(32-22)12-13-36)26(37)31-27(30-25)34-10-8-20(9-11-34)33(2)3/h4-7,14-16,20,36H,8-13H2,2-3H3,(H,30,31,37). The van der Waals surface area contributed by atoms with E-state index in [1.165, 1.54) is 12.1 Å². The molecular formula is C27H28FN7O2. The minimum Gasteiger partial charge on any atom is -0.394 e. The Labute approximate surface area is 213 Å². The Morgan fingerprint density at radius 3 is 2.62 bits per heavy atom. The van der Waals surface area contributed by atoms with Gasteiger partial charge in [-0.15, -0.1) is 0 Å². The van der Waals surface area contributed by atoms with Gasteiger partial charge in [-0.05, 0) is 50.7 Å². The molecule has 0 saturated carbocycles. The van der Waals surface area contributed by atoms with Crippen molar-refractivity contribution in [1.29, 1.82) is 0 Å². The average molecular weight is 502 g/mol. The molecule has 0 unspecified atom stereocenters. The third kappa shape index (κ3) is 4.83. The lowest BCUT2D eigenvalue weighted by Crippen LogP contribution is -2.43. The predicted octanol–water partition coefficient (Wildman–Crippen LogP) is 3.67. The van der Waals surface area contributed by atoms with Gasteiger partial charge in [-0.2, -0.15) is 5.10 Å². The molecule has 1 fully saturated rings. The van der Waals surface area contributed by atoms with Gasteiger partial charge in [0.25, 0.3) is 5.56 Å². The van der Waals surface area contributed by atoms with E-state index in [1.54, 1.807) is 16.8 Å². The molecule has 0 atom stereocenters. The zero-order valence-corrected chi connectivity index (χ0v) is 20.8. The van der Waals surface area contributed by atoms with E-state index in [0.717, 1.165) is 36.8 Å². The Balaban J connectivity index is 1.63. The number of nitrogens with one attached hydrogen (secondary N) is 1. The lowest BCUT2D eigenvalue weighted by Gasteiger charge is -2.35. The van der Waals surface area contributed by atoms with Crippen molar-refractivity contribution in [3.05, 3.63) is 70.2 Å². The molecule has 1 aliphatic heterocycles. The van der Waals surface area contributed by atoms with Crippen molar-refractivity contribution < 1.29 is 9.50 Å². The van der Waals surface area contributed by atoms with Crippen LogP contribution in [0.2, 0.25) is 0 Å². The van der Waals surface area contributed by atoms with Crippen LogP contribution in [0.15, 0.2) is 47.4 Å². The summed E-state index contributed by atoms with van der Waals surface area (Å²) in [6, 6.07) is 10.2. The van der Waals surface area contributed by atoms with Crippen molar-refractivity contribution in [2.24, 2.45) is 0 Å². The Kier molecular flexibility index (Phi) is 6.74. The van der Waals surface area contributed by atoms with Gasteiger partial charge in [0.05, 0.1) is 36.5 Å². The van der Waals surface area contributed by atoms with Crippen molar-refractivity contribution in [3.63, 3.8) is 0 Å². The summed E-state index contributed by atoms with van der Waals surface area (Å²) in [4.78, 5) is 28.9. The molecule has 0 spiro atoms. The fourth-order valence-electron chi connectivity index (χ4n) is 4.88. The monoisotopic (exact) mass is 501 g/mol. The first kappa shape index (κ1) is 24.6. The lowest BCUT2D eigenvalue weighted by molar-refractivity contribution is 0.249. The third-order valence-corrected chi connectivity index (χ3v) is 6.91. The molecule has 0 bridgehead atoms. The molecule has 5 rings (SSSR count). The number of nitrogens with zero attached hydrogens (tertiary/aromatic N) is 6. The number of anilines is 1. The summed E-state index contributed by atoms with van der Waals surface area (Å²) in [6.07, 6.45) is 3.69. The topological polar surface area (TPSA) is 94.6 Å². The Hall–Kier alpha value is -4.07. The van der Waals surface area contributed by atoms with Gasteiger partial charge in [-0.1, -0.05) is 18.2 Å². The molecule has 2 aromatic carbocycles. The van der Waals surface area contributed by atoms with Crippen LogP contribution in [0.3, 0.4) is 0 Å². The van der Waals surface area contributed by atoms with E-state index in [1.807, 2.05) is 18.3 Å². The zero-order valence-electron chi connectivity index (χ0n) is 20.8. The number of aliphatic hydroxyl groups excluding tert-OH is 1. The molecule has 190 valence electrons. The second-order valence-corrected chi connectivity index (χ2v) is 9.46. The maximum Gasteiger partial charge on any atom is 0.260 e. The molecule has 0 amide bonds. The summed E-state index contributed by atoms with van der Waals surface area (Å²) in [7, 11) is 4.14. The Bertz CT molecular complexity index is 1540. The third-order valence-electron chi connectivity index (χ3n) is 6.91. The van der Waals surface area contributed by atoms with Crippen LogP contribution in [-0.2, 0) is 6.54 Å². The van der Waals surface area contributed by atoms with Gasteiger partial charge in [0, 0.05) is 36.3 Å². The average Bonchev–Trinajstić information content (AvgIpc) is 3.30. The molecular weight excluding hydrogens is 473 g/mol. The first-order valence-electron chi connectivity index (χ1n) is 12.2. The normalized spacial score (nSPS) is 14.4. The summed E-state index contributed by atoms with van der Waals surface area (Å²) >= 11 is 0. The van der Waals surface area contributed by atoms with Crippen LogP contribution < -0.4 is 10.5 Å². The SMILES string of the molecule is [C-]#[N+]c1ccc(-c2nc(N3CCC(N(C)C)CC3)[nH]c(=O)c2-c2ccc3nn(CCO)cc3c2)cc1F. The number of fused-ring (bicyclic) bond motifs is 1. The van der Waals surface area contributed by atoms with Gasteiger partial charge < -0.3 is 14.9 Å². The second kappa shape index (κ2) is 10.1. The second-order valence-electron chi connectivity index (χ2n) is 9.46. The summed E-state index contributed by atoms with van der Waals surface area (Å²) in [6.45, 7) is 8.99. The molecule has 2 N–H and O–H groups in total. The quantitative estimate of drug-likeness (QED) is 0.392. The van der Waals surface area contributed by atoms with E-state index in [0.29, 0.717) is 40.9 Å². The number of aliphatic hydroxyl groups is 1. The molecule has 10 heteroatoms. The van der Waals surface area contributed by atoms with E-state index < -0.39 is 5.82 Å². The van der Waals surface area contributed by atoms with Crippen molar-refractivity contribution in [1.82, 2.24) is 24.6 Å². The maximum atomic E-state index is 14.7. The summed E-state index contributed by atoms with van der Waals surface area (Å²) in [5, 5.41) is 14.5. The number of aromatic amines is 1. The molecule has 4 aromatic rings. The van der Waals surface area contributed by atoms with Gasteiger partial charge in [0.1, 0.15) is 5.82 Å².